The van der Waals surface area contributed by atoms with Crippen LogP contribution >= 0.6 is 15.9 Å². The second-order valence-electron chi connectivity index (χ2n) is 3.64. The fourth-order valence-corrected chi connectivity index (χ4v) is 1.37. The first-order valence-electron chi connectivity index (χ1n) is 4.86. The molecule has 6 heteroatoms. The fraction of sp³-hybridized carbons (Fsp3) is 0.556. The summed E-state index contributed by atoms with van der Waals surface area (Å²) in [5.41, 5.74) is 2.41. The van der Waals surface area contributed by atoms with E-state index in [4.69, 9.17) is 5.84 Å². The Hall–Kier alpha value is -0.880. The van der Waals surface area contributed by atoms with Crippen LogP contribution in [0.4, 0.5) is 11.8 Å². The van der Waals surface area contributed by atoms with Gasteiger partial charge in [-0.25, -0.2) is 10.8 Å². The Morgan fingerprint density at radius 2 is 2.27 bits per heavy atom. The lowest BCUT2D eigenvalue weighted by molar-refractivity contribution is 0.606. The molecule has 1 heterocycles. The van der Waals surface area contributed by atoms with E-state index in [2.05, 4.69) is 50.5 Å². The number of hydrogen-bond acceptors (Lipinski definition) is 5. The molecule has 0 saturated heterocycles. The number of hydrazine groups is 1. The molecular formula is C9H16BrN5. The Balaban J connectivity index is 2.59. The molecule has 0 radical (unpaired) electrons. The van der Waals surface area contributed by atoms with Crippen LogP contribution in [0.15, 0.2) is 10.7 Å². The number of nitrogens with two attached hydrogens (primary N) is 1. The van der Waals surface area contributed by atoms with Crippen LogP contribution in [0.2, 0.25) is 0 Å². The van der Waals surface area contributed by atoms with Gasteiger partial charge in [0.25, 0.3) is 0 Å². The highest BCUT2D eigenvalue weighted by atomic mass is 79.9. The number of nitrogens with one attached hydrogen (secondary N) is 2. The molecule has 0 aliphatic carbocycles. The van der Waals surface area contributed by atoms with Gasteiger partial charge in [-0.05, 0) is 28.3 Å². The predicted molar refractivity (Wildman–Crippen MR) is 65.5 cm³/mol. The molecule has 0 aromatic carbocycles. The Bertz CT molecular complexity index is 315. The van der Waals surface area contributed by atoms with Gasteiger partial charge < -0.3 is 5.32 Å². The smallest absolute Gasteiger partial charge is 0.239 e. The minimum Gasteiger partial charge on any atom is -0.369 e. The molecule has 15 heavy (non-hydrogen) atoms. The molecule has 1 aromatic heterocycles. The molecule has 0 amide bonds. The quantitative estimate of drug-likeness (QED) is 0.565. The maximum Gasteiger partial charge on any atom is 0.239 e. The first-order chi connectivity index (χ1) is 7.13. The summed E-state index contributed by atoms with van der Waals surface area (Å²) in [6, 6.07) is 0. The third kappa shape index (κ3) is 4.01. The van der Waals surface area contributed by atoms with Gasteiger partial charge in [0.05, 0.1) is 4.47 Å². The summed E-state index contributed by atoms with van der Waals surface area (Å²) in [6.07, 6.45) is 2.77. The van der Waals surface area contributed by atoms with E-state index < -0.39 is 0 Å². The molecule has 0 unspecified atom stereocenters. The minimum absolute atomic E-state index is 0.408. The van der Waals surface area contributed by atoms with Gasteiger partial charge in [0.2, 0.25) is 5.95 Å². The summed E-state index contributed by atoms with van der Waals surface area (Å²) in [4.78, 5) is 8.15. The molecule has 0 spiro atoms. The van der Waals surface area contributed by atoms with Crippen LogP contribution in [0.1, 0.15) is 20.3 Å². The van der Waals surface area contributed by atoms with E-state index in [9.17, 15) is 0 Å². The monoisotopic (exact) mass is 273 g/mol. The maximum absolute atomic E-state index is 5.23. The van der Waals surface area contributed by atoms with Crippen molar-refractivity contribution in [2.45, 2.75) is 20.3 Å². The first-order valence-corrected chi connectivity index (χ1v) is 5.65. The zero-order valence-electron chi connectivity index (χ0n) is 8.92. The van der Waals surface area contributed by atoms with Crippen LogP contribution in [0.3, 0.4) is 0 Å². The van der Waals surface area contributed by atoms with Crippen LogP contribution in [-0.2, 0) is 0 Å². The van der Waals surface area contributed by atoms with Crippen LogP contribution in [0.25, 0.3) is 0 Å². The van der Waals surface area contributed by atoms with E-state index in [1.165, 1.54) is 0 Å². The molecule has 0 bridgehead atoms. The summed E-state index contributed by atoms with van der Waals surface area (Å²) < 4.78 is 0.838. The highest BCUT2D eigenvalue weighted by Gasteiger charge is 2.03. The predicted octanol–water partition coefficient (Wildman–Crippen LogP) is 1.98. The average molecular weight is 274 g/mol. The second kappa shape index (κ2) is 5.87. The normalized spacial score (nSPS) is 10.5. The van der Waals surface area contributed by atoms with E-state index in [1.807, 2.05) is 0 Å². The first kappa shape index (κ1) is 12.2. The zero-order valence-corrected chi connectivity index (χ0v) is 10.5. The lowest BCUT2D eigenvalue weighted by atomic mass is 10.1. The van der Waals surface area contributed by atoms with Gasteiger partial charge in [0.15, 0.2) is 0 Å². The molecule has 1 aromatic rings. The van der Waals surface area contributed by atoms with Gasteiger partial charge in [-0.1, -0.05) is 13.8 Å². The van der Waals surface area contributed by atoms with Gasteiger partial charge in [0, 0.05) is 12.7 Å². The zero-order chi connectivity index (χ0) is 11.3. The Morgan fingerprint density at radius 3 is 2.87 bits per heavy atom. The van der Waals surface area contributed by atoms with Gasteiger partial charge in [0.1, 0.15) is 5.82 Å². The summed E-state index contributed by atoms with van der Waals surface area (Å²) >= 11 is 3.37. The molecule has 4 N–H and O–H groups in total. The maximum atomic E-state index is 5.23. The fourth-order valence-electron chi connectivity index (χ4n) is 1.04. The molecule has 0 fully saturated rings. The van der Waals surface area contributed by atoms with Crippen molar-refractivity contribution < 1.29 is 0 Å². The van der Waals surface area contributed by atoms with Crippen molar-refractivity contribution in [3.63, 3.8) is 0 Å². The largest absolute Gasteiger partial charge is 0.369 e. The van der Waals surface area contributed by atoms with E-state index in [-0.39, 0.29) is 0 Å². The minimum atomic E-state index is 0.408. The van der Waals surface area contributed by atoms with Crippen LogP contribution in [-0.4, -0.2) is 16.5 Å². The Morgan fingerprint density at radius 1 is 1.53 bits per heavy atom. The van der Waals surface area contributed by atoms with Crippen molar-refractivity contribution in [3.8, 4) is 0 Å². The number of aromatic nitrogens is 2. The lowest BCUT2D eigenvalue weighted by Crippen LogP contribution is -2.13. The van der Waals surface area contributed by atoms with Gasteiger partial charge in [-0.2, -0.15) is 4.98 Å². The van der Waals surface area contributed by atoms with Gasteiger partial charge in [-0.3, -0.25) is 5.43 Å². The Labute approximate surface area is 98.0 Å². The highest BCUT2D eigenvalue weighted by molar-refractivity contribution is 9.10. The molecule has 0 atom stereocenters. The Kier molecular flexibility index (Phi) is 4.77. The number of nitrogens with zero attached hydrogens (tertiary/aromatic N) is 2. The van der Waals surface area contributed by atoms with Crippen molar-refractivity contribution >= 4 is 27.7 Å². The molecule has 1 rings (SSSR count). The molecule has 0 aliphatic rings. The number of nitrogen functional groups attached to an aromatic ring is 1. The SMILES string of the molecule is CC(C)CCNc1nc(NN)ncc1Br. The molecule has 5 nitrogen and oxygen atoms in total. The van der Waals surface area contributed by atoms with Crippen molar-refractivity contribution in [1.82, 2.24) is 9.97 Å². The topological polar surface area (TPSA) is 75.9 Å². The lowest BCUT2D eigenvalue weighted by Gasteiger charge is -2.09. The number of hydrogen-bond donors (Lipinski definition) is 3. The number of halogens is 1. The van der Waals surface area contributed by atoms with Crippen molar-refractivity contribution in [2.24, 2.45) is 11.8 Å². The summed E-state index contributed by atoms with van der Waals surface area (Å²) in [5, 5.41) is 3.23. The van der Waals surface area contributed by atoms with Crippen LogP contribution in [0.5, 0.6) is 0 Å². The third-order valence-electron chi connectivity index (χ3n) is 1.89. The van der Waals surface area contributed by atoms with E-state index in [1.54, 1.807) is 6.20 Å². The van der Waals surface area contributed by atoms with Gasteiger partial charge in [-0.15, -0.1) is 0 Å². The average Bonchev–Trinajstić information content (AvgIpc) is 2.20. The third-order valence-corrected chi connectivity index (χ3v) is 2.47. The van der Waals surface area contributed by atoms with E-state index in [0.717, 1.165) is 23.3 Å². The molecule has 0 aliphatic heterocycles. The number of rotatable bonds is 5. The van der Waals surface area contributed by atoms with Crippen molar-refractivity contribution in [3.05, 3.63) is 10.7 Å². The summed E-state index contributed by atoms with van der Waals surface area (Å²) in [5.74, 6) is 7.07. The van der Waals surface area contributed by atoms with Crippen LogP contribution < -0.4 is 16.6 Å². The molecular weight excluding hydrogens is 258 g/mol. The second-order valence-corrected chi connectivity index (χ2v) is 4.50. The molecule has 0 saturated carbocycles. The van der Waals surface area contributed by atoms with Crippen molar-refractivity contribution in [1.29, 1.82) is 0 Å². The molecule has 84 valence electrons. The highest BCUT2D eigenvalue weighted by Crippen LogP contribution is 2.19. The summed E-state index contributed by atoms with van der Waals surface area (Å²) in [7, 11) is 0. The van der Waals surface area contributed by atoms with E-state index in [0.29, 0.717) is 11.9 Å². The van der Waals surface area contributed by atoms with Gasteiger partial charge >= 0.3 is 0 Å². The van der Waals surface area contributed by atoms with Crippen LogP contribution in [0, 0.1) is 5.92 Å². The standard InChI is InChI=1S/C9H16BrN5/c1-6(2)3-4-12-8-7(10)5-13-9(14-8)15-11/h5-6H,3-4,11H2,1-2H3,(H2,12,13,14,15). The van der Waals surface area contributed by atoms with E-state index >= 15 is 0 Å². The van der Waals surface area contributed by atoms with Crippen molar-refractivity contribution in [2.75, 3.05) is 17.3 Å². The number of anilines is 2. The summed E-state index contributed by atoms with van der Waals surface area (Å²) in [6.45, 7) is 5.25.